The number of unbranched alkanes of at least 4 members (excludes halogenated alkanes) is 1. The molecule has 0 amide bonds. The van der Waals surface area contributed by atoms with Crippen molar-refractivity contribution in [2.75, 3.05) is 52.5 Å². The van der Waals surface area contributed by atoms with Gasteiger partial charge in [0.05, 0.1) is 19.8 Å². The third kappa shape index (κ3) is 9.23. The van der Waals surface area contributed by atoms with Crippen molar-refractivity contribution in [3.63, 3.8) is 0 Å². The van der Waals surface area contributed by atoms with E-state index in [0.29, 0.717) is 6.54 Å². The minimum Gasteiger partial charge on any atom is -0.384 e. The van der Waals surface area contributed by atoms with Crippen LogP contribution in [-0.2, 0) is 10.3 Å². The number of aliphatic hydroxyl groups is 1. The maximum absolute atomic E-state index is 10.7. The molecule has 27 heavy (non-hydrogen) atoms. The molecule has 3 N–H and O–H groups in total. The lowest BCUT2D eigenvalue weighted by atomic mass is 9.96. The van der Waals surface area contributed by atoms with Crippen molar-refractivity contribution in [2.45, 2.75) is 32.3 Å². The monoisotopic (exact) mass is 490 g/mol. The molecule has 0 aromatic heterocycles. The maximum atomic E-state index is 10.7. The van der Waals surface area contributed by atoms with Crippen LogP contribution in [0.25, 0.3) is 0 Å². The Bertz CT molecular complexity index is 534. The Hall–Kier alpha value is -0.900. The zero-order chi connectivity index (χ0) is 18.7. The van der Waals surface area contributed by atoms with Crippen LogP contribution in [0.5, 0.6) is 0 Å². The summed E-state index contributed by atoms with van der Waals surface area (Å²) in [6.45, 7) is 10.8. The van der Waals surface area contributed by atoms with Gasteiger partial charge < -0.3 is 20.5 Å². The zero-order valence-corrected chi connectivity index (χ0v) is 18.9. The number of benzene rings is 1. The molecule has 0 saturated carbocycles. The van der Waals surface area contributed by atoms with Crippen LogP contribution in [0.3, 0.4) is 0 Å². The van der Waals surface area contributed by atoms with Crippen LogP contribution in [0, 0.1) is 0 Å². The van der Waals surface area contributed by atoms with E-state index in [1.54, 1.807) is 6.92 Å². The Morgan fingerprint density at radius 3 is 2.56 bits per heavy atom. The summed E-state index contributed by atoms with van der Waals surface area (Å²) in [5.41, 5.74) is -0.0925. The molecular weight excluding hydrogens is 455 g/mol. The first kappa shape index (κ1) is 24.1. The average molecular weight is 490 g/mol. The Labute approximate surface area is 180 Å². The Morgan fingerprint density at radius 2 is 1.89 bits per heavy atom. The van der Waals surface area contributed by atoms with Gasteiger partial charge in [-0.2, -0.15) is 0 Å². The van der Waals surface area contributed by atoms with Crippen molar-refractivity contribution in [2.24, 2.45) is 4.99 Å². The molecule has 0 aliphatic carbocycles. The lowest BCUT2D eigenvalue weighted by Crippen LogP contribution is -2.40. The third-order valence-corrected chi connectivity index (χ3v) is 4.58. The molecule has 1 heterocycles. The van der Waals surface area contributed by atoms with Crippen molar-refractivity contribution in [1.82, 2.24) is 15.5 Å². The normalized spacial score (nSPS) is 17.7. The summed E-state index contributed by atoms with van der Waals surface area (Å²) in [7, 11) is 0. The predicted molar refractivity (Wildman–Crippen MR) is 122 cm³/mol. The van der Waals surface area contributed by atoms with Gasteiger partial charge in [-0.3, -0.25) is 4.90 Å². The summed E-state index contributed by atoms with van der Waals surface area (Å²) in [5, 5.41) is 17.3. The lowest BCUT2D eigenvalue weighted by Gasteiger charge is -2.26. The second kappa shape index (κ2) is 13.3. The lowest BCUT2D eigenvalue weighted by molar-refractivity contribution is 0.0372. The van der Waals surface area contributed by atoms with Gasteiger partial charge in [-0.15, -0.1) is 24.0 Å². The van der Waals surface area contributed by atoms with Gasteiger partial charge in [0.15, 0.2) is 5.96 Å². The van der Waals surface area contributed by atoms with Gasteiger partial charge >= 0.3 is 0 Å². The molecule has 1 fully saturated rings. The van der Waals surface area contributed by atoms with Crippen molar-refractivity contribution >= 4 is 29.9 Å². The Morgan fingerprint density at radius 1 is 1.19 bits per heavy atom. The summed E-state index contributed by atoms with van der Waals surface area (Å²) in [4.78, 5) is 7.02. The number of nitrogens with one attached hydrogen (secondary N) is 2. The van der Waals surface area contributed by atoms with Crippen LogP contribution < -0.4 is 10.6 Å². The zero-order valence-electron chi connectivity index (χ0n) is 16.6. The van der Waals surface area contributed by atoms with E-state index in [4.69, 9.17) is 4.74 Å². The number of hydrogen-bond donors (Lipinski definition) is 3. The molecule has 0 radical (unpaired) electrons. The van der Waals surface area contributed by atoms with Gasteiger partial charge in [-0.25, -0.2) is 4.99 Å². The molecule has 1 aliphatic heterocycles. The van der Waals surface area contributed by atoms with Crippen LogP contribution in [0.1, 0.15) is 32.3 Å². The van der Waals surface area contributed by atoms with E-state index in [1.807, 2.05) is 37.3 Å². The largest absolute Gasteiger partial charge is 0.384 e. The van der Waals surface area contributed by atoms with E-state index >= 15 is 0 Å². The van der Waals surface area contributed by atoms with Crippen LogP contribution in [0.4, 0.5) is 0 Å². The number of halogens is 1. The van der Waals surface area contributed by atoms with E-state index in [0.717, 1.165) is 70.3 Å². The van der Waals surface area contributed by atoms with Crippen LogP contribution in [-0.4, -0.2) is 68.4 Å². The molecular formula is C20H35IN4O2. The van der Waals surface area contributed by atoms with Gasteiger partial charge in [0.2, 0.25) is 0 Å². The second-order valence-corrected chi connectivity index (χ2v) is 6.92. The molecule has 0 bridgehead atoms. The molecule has 0 spiro atoms. The minimum atomic E-state index is -0.972. The quantitative estimate of drug-likeness (QED) is 0.214. The summed E-state index contributed by atoms with van der Waals surface area (Å²) < 4.78 is 5.37. The highest BCUT2D eigenvalue weighted by Gasteiger charge is 2.22. The molecule has 1 atom stereocenters. The van der Waals surface area contributed by atoms with E-state index in [9.17, 15) is 5.11 Å². The van der Waals surface area contributed by atoms with E-state index in [1.165, 1.54) is 0 Å². The second-order valence-electron chi connectivity index (χ2n) is 6.92. The molecule has 1 saturated heterocycles. The predicted octanol–water partition coefficient (Wildman–Crippen LogP) is 2.18. The Balaban J connectivity index is 0.00000364. The average Bonchev–Trinajstić information content (AvgIpc) is 2.67. The summed E-state index contributed by atoms with van der Waals surface area (Å²) in [6, 6.07) is 9.69. The van der Waals surface area contributed by atoms with Gasteiger partial charge in [-0.05, 0) is 38.8 Å². The molecule has 1 aliphatic rings. The van der Waals surface area contributed by atoms with E-state index in [-0.39, 0.29) is 24.0 Å². The van der Waals surface area contributed by atoms with Crippen LogP contribution in [0.2, 0.25) is 0 Å². The molecule has 2 rings (SSSR count). The highest BCUT2D eigenvalue weighted by atomic mass is 127. The summed E-state index contributed by atoms with van der Waals surface area (Å²) >= 11 is 0. The molecule has 1 aromatic carbocycles. The fourth-order valence-corrected chi connectivity index (χ4v) is 2.96. The number of ether oxygens (including phenoxy) is 1. The minimum absolute atomic E-state index is 0. The van der Waals surface area contributed by atoms with Crippen LogP contribution in [0.15, 0.2) is 35.3 Å². The molecule has 6 nitrogen and oxygen atoms in total. The standard InChI is InChI=1S/C20H34N4O2.HI/c1-3-21-19(22-11-7-8-12-24-13-15-26-16-14-24)23-17-20(2,25)18-9-5-4-6-10-18;/h4-6,9-10,25H,3,7-8,11-17H2,1-2H3,(H2,21,22,23);1H. The number of hydrogen-bond acceptors (Lipinski definition) is 4. The summed E-state index contributed by atoms with van der Waals surface area (Å²) in [6.07, 6.45) is 2.25. The first-order valence-corrected chi connectivity index (χ1v) is 9.72. The van der Waals surface area contributed by atoms with E-state index in [2.05, 4.69) is 20.5 Å². The highest BCUT2D eigenvalue weighted by Crippen LogP contribution is 2.20. The topological polar surface area (TPSA) is 69.1 Å². The van der Waals surface area contributed by atoms with Crippen molar-refractivity contribution < 1.29 is 9.84 Å². The van der Waals surface area contributed by atoms with Crippen molar-refractivity contribution in [3.8, 4) is 0 Å². The highest BCUT2D eigenvalue weighted by molar-refractivity contribution is 14.0. The van der Waals surface area contributed by atoms with Crippen molar-refractivity contribution in [1.29, 1.82) is 0 Å². The van der Waals surface area contributed by atoms with E-state index < -0.39 is 5.60 Å². The van der Waals surface area contributed by atoms with Gasteiger partial charge in [0.1, 0.15) is 5.60 Å². The van der Waals surface area contributed by atoms with Gasteiger partial charge in [0.25, 0.3) is 0 Å². The number of nitrogens with zero attached hydrogens (tertiary/aromatic N) is 2. The Kier molecular flexibility index (Phi) is 11.9. The molecule has 154 valence electrons. The number of morpholine rings is 1. The fraction of sp³-hybridized carbons (Fsp3) is 0.650. The number of guanidine groups is 1. The first-order valence-electron chi connectivity index (χ1n) is 9.72. The third-order valence-electron chi connectivity index (χ3n) is 4.58. The molecule has 1 unspecified atom stereocenters. The maximum Gasteiger partial charge on any atom is 0.191 e. The molecule has 1 aromatic rings. The summed E-state index contributed by atoms with van der Waals surface area (Å²) in [5.74, 6) is 0.759. The number of rotatable bonds is 9. The smallest absolute Gasteiger partial charge is 0.191 e. The fourth-order valence-electron chi connectivity index (χ4n) is 2.96. The van der Waals surface area contributed by atoms with Gasteiger partial charge in [-0.1, -0.05) is 30.3 Å². The van der Waals surface area contributed by atoms with Crippen LogP contribution >= 0.6 is 24.0 Å². The number of aliphatic imine (C=N–C) groups is 1. The van der Waals surface area contributed by atoms with Gasteiger partial charge in [0, 0.05) is 26.2 Å². The van der Waals surface area contributed by atoms with Crippen molar-refractivity contribution in [3.05, 3.63) is 35.9 Å². The first-order chi connectivity index (χ1) is 12.6. The SMILES string of the molecule is CCNC(=NCC(C)(O)c1ccccc1)NCCCCN1CCOCC1.I. The molecule has 7 heteroatoms.